The second-order valence-corrected chi connectivity index (χ2v) is 22.9. The van der Waals surface area contributed by atoms with Gasteiger partial charge in [0.1, 0.15) is 92.1 Å². The van der Waals surface area contributed by atoms with Crippen molar-refractivity contribution in [1.82, 2.24) is 0 Å². The Morgan fingerprint density at radius 3 is 1.25 bits per heavy atom. The Kier molecular flexibility index (Phi) is 37.1. The molecule has 12 N–H and O–H groups in total. The van der Waals surface area contributed by atoms with E-state index in [0.29, 0.717) is 12.8 Å². The molecule has 0 spiro atoms. The number of phosphoric acid groups is 1. The van der Waals surface area contributed by atoms with Crippen LogP contribution in [0.25, 0.3) is 0 Å². The summed E-state index contributed by atoms with van der Waals surface area (Å²) >= 11 is 0. The van der Waals surface area contributed by atoms with Gasteiger partial charge in [0.25, 0.3) is 0 Å². The van der Waals surface area contributed by atoms with Gasteiger partial charge >= 0.3 is 19.8 Å². The summed E-state index contributed by atoms with van der Waals surface area (Å²) in [5.74, 6) is -1.36. The predicted octanol–water partition coefficient (Wildman–Crippen LogP) is 4.10. The van der Waals surface area contributed by atoms with E-state index in [1.807, 2.05) is 0 Å². The van der Waals surface area contributed by atoms with Crippen molar-refractivity contribution < 1.29 is 113 Å². The number of rotatable bonds is 43. The molecule has 0 aromatic rings. The van der Waals surface area contributed by atoms with Crippen molar-refractivity contribution in [1.29, 1.82) is 0 Å². The number of unbranched alkanes of at least 4 members (excludes halogenated alkanes) is 21. The van der Waals surface area contributed by atoms with Gasteiger partial charge < -0.3 is 89.5 Å². The molecule has 24 heteroatoms. The van der Waals surface area contributed by atoms with Gasteiger partial charge in [0.2, 0.25) is 0 Å². The summed E-state index contributed by atoms with van der Waals surface area (Å²) in [7, 11) is -5.64. The fraction of sp³-hybridized carbons (Fsp3) is 0.893. The van der Waals surface area contributed by atoms with Crippen LogP contribution in [0.15, 0.2) is 24.3 Å². The van der Waals surface area contributed by atoms with E-state index >= 15 is 0 Å². The van der Waals surface area contributed by atoms with Crippen LogP contribution in [0.5, 0.6) is 0 Å². The van der Waals surface area contributed by atoms with E-state index < -0.39 is 150 Å². The Morgan fingerprint density at radius 2 is 0.825 bits per heavy atom. The number of aliphatic hydroxyl groups excluding tert-OH is 11. The van der Waals surface area contributed by atoms with Crippen LogP contribution in [-0.4, -0.2) is 204 Å². The number of hydrogen-bond donors (Lipinski definition) is 12. The molecular weight excluding hydrogens is 1070 g/mol. The molecule has 3 rings (SSSR count). The van der Waals surface area contributed by atoms with Gasteiger partial charge in [-0.25, -0.2) is 4.57 Å². The van der Waals surface area contributed by atoms with Crippen LogP contribution in [0.1, 0.15) is 187 Å². The van der Waals surface area contributed by atoms with Gasteiger partial charge in [-0.3, -0.25) is 18.6 Å². The second kappa shape index (κ2) is 41.1. The Labute approximate surface area is 473 Å². The summed E-state index contributed by atoms with van der Waals surface area (Å²) in [4.78, 5) is 37.5. The standard InChI is InChI=1S/C56H101O23P/c1-3-5-7-9-11-13-15-17-19-21-23-25-27-29-31-33-42(60)74-38(36-72-41(59)32-30-28-26-24-22-20-18-16-14-12-10-8-6-4-2)37-73-80(70,71)79-54-52(77-55-50(68)45(63)43(61)39(34-57)75-55)48(66)47(65)49(67)53(54)78-56-51(69)46(64)44(62)40(35-58)76-56/h13,15,20,22,38-40,43-58,61-69H,3-12,14,16-19,21,23-37H2,1-2H3,(H,70,71). The van der Waals surface area contributed by atoms with Crippen LogP contribution in [0.3, 0.4) is 0 Å². The molecule has 3 aliphatic rings. The van der Waals surface area contributed by atoms with E-state index in [9.17, 15) is 75.2 Å². The summed E-state index contributed by atoms with van der Waals surface area (Å²) in [6.07, 6.45) is 0.173. The lowest BCUT2D eigenvalue weighted by molar-refractivity contribution is -0.360. The first-order valence-corrected chi connectivity index (χ1v) is 31.2. The molecule has 0 aromatic carbocycles. The zero-order chi connectivity index (χ0) is 58.9. The SMILES string of the molecule is CCCCCCC=CCCCCCCCCCC(=O)OC(COC(=O)CCCCCC=CCCCCCCCCC)COP(=O)(O)OC1C(OC2OC(CO)C(O)C(O)C2O)C(O)C(O)C(O)C1OC1OC(CO)C(O)C(O)C1O. The van der Waals surface area contributed by atoms with Crippen molar-refractivity contribution in [2.45, 2.75) is 291 Å². The number of carbonyl (C=O) groups excluding carboxylic acids is 2. The largest absolute Gasteiger partial charge is 0.472 e. The molecule has 0 aromatic heterocycles. The molecule has 0 radical (unpaired) electrons. The third-order valence-electron chi connectivity index (χ3n) is 14.7. The van der Waals surface area contributed by atoms with Crippen molar-refractivity contribution in [3.63, 3.8) is 0 Å². The third kappa shape index (κ3) is 26.5. The van der Waals surface area contributed by atoms with Crippen molar-refractivity contribution in [3.05, 3.63) is 24.3 Å². The molecule has 2 saturated heterocycles. The second-order valence-electron chi connectivity index (χ2n) is 21.5. The van der Waals surface area contributed by atoms with Gasteiger partial charge in [-0.2, -0.15) is 0 Å². The number of phosphoric ester groups is 1. The lowest BCUT2D eigenvalue weighted by Gasteiger charge is -2.49. The number of hydrogen-bond acceptors (Lipinski definition) is 22. The molecule has 0 bridgehead atoms. The average Bonchev–Trinajstić information content (AvgIpc) is 3.47. The molecule has 80 heavy (non-hydrogen) atoms. The van der Waals surface area contributed by atoms with Gasteiger partial charge in [-0.1, -0.05) is 134 Å². The molecule has 2 aliphatic heterocycles. The molecule has 16 atom stereocenters. The molecule has 23 nitrogen and oxygen atoms in total. The first kappa shape index (κ1) is 72.2. The Hall–Kier alpha value is -2.07. The van der Waals surface area contributed by atoms with E-state index in [0.717, 1.165) is 83.5 Å². The first-order chi connectivity index (χ1) is 38.4. The summed E-state index contributed by atoms with van der Waals surface area (Å²) in [5, 5.41) is 117. The Morgan fingerprint density at radius 1 is 0.463 bits per heavy atom. The van der Waals surface area contributed by atoms with Gasteiger partial charge in [-0.15, -0.1) is 0 Å². The van der Waals surface area contributed by atoms with E-state index in [1.165, 1.54) is 64.2 Å². The van der Waals surface area contributed by atoms with Crippen LogP contribution in [0.2, 0.25) is 0 Å². The summed E-state index contributed by atoms with van der Waals surface area (Å²) in [6, 6.07) is 0. The zero-order valence-corrected chi connectivity index (χ0v) is 48.2. The van der Waals surface area contributed by atoms with Crippen LogP contribution >= 0.6 is 7.82 Å². The van der Waals surface area contributed by atoms with Crippen LogP contribution < -0.4 is 0 Å². The minimum Gasteiger partial charge on any atom is -0.462 e. The van der Waals surface area contributed by atoms with Gasteiger partial charge in [-0.05, 0) is 64.2 Å². The molecule has 0 amide bonds. The maximum Gasteiger partial charge on any atom is 0.472 e. The highest BCUT2D eigenvalue weighted by atomic mass is 31.2. The molecule has 3 fully saturated rings. The normalized spacial score (nSPS) is 31.4. The van der Waals surface area contributed by atoms with Gasteiger partial charge in [0.15, 0.2) is 18.7 Å². The number of allylic oxidation sites excluding steroid dienone is 4. The number of carbonyl (C=O) groups is 2. The van der Waals surface area contributed by atoms with Gasteiger partial charge in [0, 0.05) is 12.8 Å². The average molecular weight is 1170 g/mol. The van der Waals surface area contributed by atoms with E-state index in [1.54, 1.807) is 0 Å². The minimum absolute atomic E-state index is 0.0323. The number of ether oxygens (including phenoxy) is 6. The van der Waals surface area contributed by atoms with E-state index in [-0.39, 0.29) is 12.8 Å². The fourth-order valence-electron chi connectivity index (χ4n) is 9.76. The quantitative estimate of drug-likeness (QED) is 0.0177. The fourth-order valence-corrected chi connectivity index (χ4v) is 10.7. The zero-order valence-electron chi connectivity index (χ0n) is 47.3. The highest BCUT2D eigenvalue weighted by Crippen LogP contribution is 2.49. The van der Waals surface area contributed by atoms with Crippen molar-refractivity contribution in [3.8, 4) is 0 Å². The molecule has 1 saturated carbocycles. The lowest BCUT2D eigenvalue weighted by atomic mass is 9.84. The summed E-state index contributed by atoms with van der Waals surface area (Å²) < 4.78 is 58.1. The summed E-state index contributed by atoms with van der Waals surface area (Å²) in [6.45, 7) is 0.970. The van der Waals surface area contributed by atoms with Crippen molar-refractivity contribution in [2.75, 3.05) is 26.4 Å². The molecule has 1 aliphatic carbocycles. The topological polar surface area (TPSA) is 368 Å². The van der Waals surface area contributed by atoms with Crippen molar-refractivity contribution >= 4 is 19.8 Å². The molecule has 16 unspecified atom stereocenters. The van der Waals surface area contributed by atoms with Crippen LogP contribution in [0.4, 0.5) is 0 Å². The molecular formula is C56H101O23P. The number of esters is 2. The number of aliphatic hydroxyl groups is 11. The smallest absolute Gasteiger partial charge is 0.462 e. The van der Waals surface area contributed by atoms with E-state index in [2.05, 4.69) is 38.2 Å². The first-order valence-electron chi connectivity index (χ1n) is 29.7. The van der Waals surface area contributed by atoms with Crippen LogP contribution in [-0.2, 0) is 51.6 Å². The Bertz CT molecular complexity index is 1690. The maximum absolute atomic E-state index is 14.0. The van der Waals surface area contributed by atoms with Gasteiger partial charge in [0.05, 0.1) is 19.8 Å². The Balaban J connectivity index is 1.71. The summed E-state index contributed by atoms with van der Waals surface area (Å²) in [5.41, 5.74) is 0. The highest BCUT2D eigenvalue weighted by molar-refractivity contribution is 7.47. The maximum atomic E-state index is 14.0. The molecule has 2 heterocycles. The monoisotopic (exact) mass is 1170 g/mol. The lowest BCUT2D eigenvalue weighted by Crippen LogP contribution is -2.69. The highest BCUT2D eigenvalue weighted by Gasteiger charge is 2.58. The third-order valence-corrected chi connectivity index (χ3v) is 15.7. The minimum atomic E-state index is -5.64. The molecule has 468 valence electrons. The van der Waals surface area contributed by atoms with Crippen LogP contribution in [0, 0.1) is 0 Å². The predicted molar refractivity (Wildman–Crippen MR) is 291 cm³/mol. The van der Waals surface area contributed by atoms with E-state index in [4.69, 9.17) is 37.5 Å². The van der Waals surface area contributed by atoms with Crippen molar-refractivity contribution in [2.24, 2.45) is 0 Å².